The Morgan fingerprint density at radius 3 is 2.91 bits per heavy atom. The number of amides is 1. The van der Waals surface area contributed by atoms with E-state index in [2.05, 4.69) is 30.1 Å². The van der Waals surface area contributed by atoms with Crippen molar-refractivity contribution in [3.63, 3.8) is 0 Å². The third-order valence-electron chi connectivity index (χ3n) is 3.90. The molecule has 1 aliphatic rings. The van der Waals surface area contributed by atoms with Crippen molar-refractivity contribution in [3.05, 3.63) is 61.2 Å². The lowest BCUT2D eigenvalue weighted by atomic mass is 10.1. The van der Waals surface area contributed by atoms with E-state index in [0.717, 1.165) is 16.2 Å². The van der Waals surface area contributed by atoms with Crippen LogP contribution in [0.3, 0.4) is 0 Å². The first-order valence-corrected chi connectivity index (χ1v) is 8.27. The molecule has 0 fully saturated rings. The first-order chi connectivity index (χ1) is 11.2. The number of benzene rings is 2. The maximum absolute atomic E-state index is 12.0. The van der Waals surface area contributed by atoms with E-state index in [-0.39, 0.29) is 18.4 Å². The molecule has 114 valence electrons. The van der Waals surface area contributed by atoms with Gasteiger partial charge in [0.25, 0.3) is 0 Å². The SMILES string of the molecule is C=C[C@@H]1CC(=O)Nc2cccc(-c3cc4ccccc4s3)c2O1. The molecule has 1 aromatic heterocycles. The van der Waals surface area contributed by atoms with E-state index in [0.29, 0.717) is 5.69 Å². The van der Waals surface area contributed by atoms with Gasteiger partial charge >= 0.3 is 0 Å². The topological polar surface area (TPSA) is 38.3 Å². The lowest BCUT2D eigenvalue weighted by Crippen LogP contribution is -2.18. The van der Waals surface area contributed by atoms with Crippen molar-refractivity contribution in [2.24, 2.45) is 0 Å². The van der Waals surface area contributed by atoms with Gasteiger partial charge in [0.05, 0.1) is 12.1 Å². The van der Waals surface area contributed by atoms with Gasteiger partial charge in [0.1, 0.15) is 6.10 Å². The quantitative estimate of drug-likeness (QED) is 0.686. The van der Waals surface area contributed by atoms with Crippen LogP contribution in [0, 0.1) is 0 Å². The zero-order valence-electron chi connectivity index (χ0n) is 12.4. The van der Waals surface area contributed by atoms with E-state index < -0.39 is 0 Å². The van der Waals surface area contributed by atoms with E-state index in [1.807, 2.05) is 30.3 Å². The molecule has 0 saturated carbocycles. The summed E-state index contributed by atoms with van der Waals surface area (Å²) in [6, 6.07) is 16.3. The molecule has 23 heavy (non-hydrogen) atoms. The molecule has 2 aromatic carbocycles. The highest BCUT2D eigenvalue weighted by Gasteiger charge is 2.23. The van der Waals surface area contributed by atoms with Crippen molar-refractivity contribution in [1.82, 2.24) is 0 Å². The fraction of sp³-hybridized carbons (Fsp3) is 0.105. The largest absolute Gasteiger partial charge is 0.483 e. The standard InChI is InChI=1S/C19H15NO2S/c1-2-13-11-18(21)20-15-8-5-7-14(19(15)22-13)17-10-12-6-3-4-9-16(12)23-17/h2-10,13H,1,11H2,(H,20,21)/t13-/m1/s1. The van der Waals surface area contributed by atoms with Crippen LogP contribution in [0.25, 0.3) is 20.5 Å². The summed E-state index contributed by atoms with van der Waals surface area (Å²) >= 11 is 1.72. The summed E-state index contributed by atoms with van der Waals surface area (Å²) in [5, 5.41) is 4.13. The average Bonchev–Trinajstić information content (AvgIpc) is 2.91. The van der Waals surface area contributed by atoms with Gasteiger partial charge in [-0.05, 0) is 29.7 Å². The summed E-state index contributed by atoms with van der Waals surface area (Å²) in [6.07, 6.45) is 1.65. The normalized spacial score (nSPS) is 17.0. The minimum atomic E-state index is -0.313. The number of nitrogens with one attached hydrogen (secondary N) is 1. The van der Waals surface area contributed by atoms with E-state index in [4.69, 9.17) is 4.74 Å². The van der Waals surface area contributed by atoms with Gasteiger partial charge in [-0.15, -0.1) is 11.3 Å². The van der Waals surface area contributed by atoms with Crippen molar-refractivity contribution >= 4 is 33.0 Å². The average molecular weight is 321 g/mol. The van der Waals surface area contributed by atoms with Crippen LogP contribution < -0.4 is 10.1 Å². The summed E-state index contributed by atoms with van der Waals surface area (Å²) in [5.41, 5.74) is 1.71. The van der Waals surface area contributed by atoms with Crippen molar-refractivity contribution in [2.45, 2.75) is 12.5 Å². The minimum Gasteiger partial charge on any atom is -0.483 e. The van der Waals surface area contributed by atoms with Crippen LogP contribution in [0.2, 0.25) is 0 Å². The molecule has 1 amide bonds. The Hall–Kier alpha value is -2.59. The number of ether oxygens (including phenoxy) is 1. The summed E-state index contributed by atoms with van der Waals surface area (Å²) < 4.78 is 7.30. The minimum absolute atomic E-state index is 0.0536. The highest BCUT2D eigenvalue weighted by atomic mass is 32.1. The molecule has 4 rings (SSSR count). The highest BCUT2D eigenvalue weighted by molar-refractivity contribution is 7.22. The molecule has 0 bridgehead atoms. The number of thiophene rings is 1. The van der Waals surface area contributed by atoms with Crippen molar-refractivity contribution < 1.29 is 9.53 Å². The van der Waals surface area contributed by atoms with Gasteiger partial charge in [-0.3, -0.25) is 4.79 Å². The van der Waals surface area contributed by atoms with Crippen LogP contribution in [0.1, 0.15) is 6.42 Å². The molecule has 0 saturated heterocycles. The Labute approximate surface area is 138 Å². The van der Waals surface area contributed by atoms with Crippen molar-refractivity contribution in [3.8, 4) is 16.2 Å². The van der Waals surface area contributed by atoms with Gasteiger partial charge in [0.2, 0.25) is 5.91 Å². The smallest absolute Gasteiger partial charge is 0.228 e. The van der Waals surface area contributed by atoms with E-state index >= 15 is 0 Å². The molecule has 0 unspecified atom stereocenters. The number of rotatable bonds is 2. The molecular formula is C19H15NO2S. The molecule has 1 atom stereocenters. The van der Waals surface area contributed by atoms with Crippen LogP contribution >= 0.6 is 11.3 Å². The van der Waals surface area contributed by atoms with Gasteiger partial charge in [0, 0.05) is 15.1 Å². The van der Waals surface area contributed by atoms with E-state index in [1.165, 1.54) is 10.1 Å². The molecule has 0 radical (unpaired) electrons. The summed E-state index contributed by atoms with van der Waals surface area (Å²) in [7, 11) is 0. The molecule has 2 heterocycles. The molecule has 3 aromatic rings. The Balaban J connectivity index is 1.88. The highest BCUT2D eigenvalue weighted by Crippen LogP contribution is 2.43. The number of anilines is 1. The lowest BCUT2D eigenvalue weighted by Gasteiger charge is -2.15. The Kier molecular flexibility index (Phi) is 3.39. The Morgan fingerprint density at radius 2 is 2.09 bits per heavy atom. The molecule has 1 N–H and O–H groups in total. The summed E-state index contributed by atoms with van der Waals surface area (Å²) in [4.78, 5) is 13.1. The number of carbonyl (C=O) groups excluding carboxylic acids is 1. The number of hydrogen-bond donors (Lipinski definition) is 1. The second-order valence-corrected chi connectivity index (χ2v) is 6.56. The predicted octanol–water partition coefficient (Wildman–Crippen LogP) is 4.84. The van der Waals surface area contributed by atoms with E-state index in [9.17, 15) is 4.79 Å². The number of carbonyl (C=O) groups is 1. The third kappa shape index (κ3) is 2.51. The Morgan fingerprint density at radius 1 is 1.22 bits per heavy atom. The van der Waals surface area contributed by atoms with Crippen LogP contribution in [0.5, 0.6) is 5.75 Å². The number of para-hydroxylation sites is 1. The Bertz CT molecular complexity index is 880. The molecular weight excluding hydrogens is 306 g/mol. The first kappa shape index (κ1) is 14.0. The lowest BCUT2D eigenvalue weighted by molar-refractivity contribution is -0.117. The maximum Gasteiger partial charge on any atom is 0.228 e. The van der Waals surface area contributed by atoms with Gasteiger partial charge in [-0.25, -0.2) is 0 Å². The second kappa shape index (κ2) is 5.56. The molecule has 1 aliphatic heterocycles. The monoisotopic (exact) mass is 321 g/mol. The van der Waals surface area contributed by atoms with Crippen molar-refractivity contribution in [1.29, 1.82) is 0 Å². The van der Waals surface area contributed by atoms with Crippen molar-refractivity contribution in [2.75, 3.05) is 5.32 Å². The molecule has 0 spiro atoms. The van der Waals surface area contributed by atoms with Crippen LogP contribution in [-0.4, -0.2) is 12.0 Å². The predicted molar refractivity (Wildman–Crippen MR) is 95.1 cm³/mol. The maximum atomic E-state index is 12.0. The number of fused-ring (bicyclic) bond motifs is 2. The second-order valence-electron chi connectivity index (χ2n) is 5.48. The van der Waals surface area contributed by atoms with Crippen LogP contribution in [-0.2, 0) is 4.79 Å². The summed E-state index contributed by atoms with van der Waals surface area (Å²) in [6.45, 7) is 3.77. The van der Waals surface area contributed by atoms with E-state index in [1.54, 1.807) is 17.4 Å². The fourth-order valence-corrected chi connectivity index (χ4v) is 3.86. The summed E-state index contributed by atoms with van der Waals surface area (Å²) in [5.74, 6) is 0.664. The van der Waals surface area contributed by atoms with Gasteiger partial charge < -0.3 is 10.1 Å². The fourth-order valence-electron chi connectivity index (χ4n) is 2.78. The first-order valence-electron chi connectivity index (χ1n) is 7.45. The third-order valence-corrected chi connectivity index (χ3v) is 5.05. The van der Waals surface area contributed by atoms with Gasteiger partial charge in [-0.2, -0.15) is 0 Å². The zero-order valence-corrected chi connectivity index (χ0v) is 13.2. The molecule has 0 aliphatic carbocycles. The van der Waals surface area contributed by atoms with Crippen LogP contribution in [0.4, 0.5) is 5.69 Å². The molecule has 4 heteroatoms. The van der Waals surface area contributed by atoms with Gasteiger partial charge in [0.15, 0.2) is 5.75 Å². The van der Waals surface area contributed by atoms with Crippen LogP contribution in [0.15, 0.2) is 61.2 Å². The molecule has 3 nitrogen and oxygen atoms in total. The zero-order chi connectivity index (χ0) is 15.8. The number of hydrogen-bond acceptors (Lipinski definition) is 3. The van der Waals surface area contributed by atoms with Gasteiger partial charge in [-0.1, -0.05) is 36.9 Å².